The van der Waals surface area contributed by atoms with Crippen molar-refractivity contribution in [2.45, 2.75) is 0 Å². The lowest BCUT2D eigenvalue weighted by Crippen LogP contribution is -1.89. The van der Waals surface area contributed by atoms with Crippen molar-refractivity contribution in [3.05, 3.63) is 36.2 Å². The van der Waals surface area contributed by atoms with E-state index in [9.17, 15) is 4.79 Å². The number of nitrogens with zero attached hydrogens (tertiary/aromatic N) is 1. The first-order valence-corrected chi connectivity index (χ1v) is 4.07. The van der Waals surface area contributed by atoms with Crippen LogP contribution in [0.25, 0.3) is 11.4 Å². The number of nitrogens with one attached hydrogen (secondary N) is 1. The number of carbonyl (C=O) groups excluding carboxylic acids is 1. The summed E-state index contributed by atoms with van der Waals surface area (Å²) in [4.78, 5) is 13.5. The van der Waals surface area contributed by atoms with Gasteiger partial charge in [-0.1, -0.05) is 0 Å². The summed E-state index contributed by atoms with van der Waals surface area (Å²) in [5.74, 6) is 0. The fourth-order valence-electron chi connectivity index (χ4n) is 1.37. The zero-order valence-electron chi connectivity index (χ0n) is 7.32. The van der Waals surface area contributed by atoms with E-state index in [0.717, 1.165) is 17.7 Å². The average molecular weight is 174 g/mol. The van der Waals surface area contributed by atoms with Crippen LogP contribution in [0.2, 0.25) is 0 Å². The molecule has 0 radical (unpaired) electrons. The Hall–Kier alpha value is -1.77. The second-order valence-electron chi connectivity index (χ2n) is 2.95. The molecule has 0 spiro atoms. The van der Waals surface area contributed by atoms with Crippen LogP contribution in [0.3, 0.4) is 0 Å². The lowest BCUT2D eigenvalue weighted by atomic mass is 10.3. The molecule has 13 heavy (non-hydrogen) atoms. The maximum absolute atomic E-state index is 10.4. The van der Waals surface area contributed by atoms with Crippen LogP contribution in [0.15, 0.2) is 30.5 Å². The van der Waals surface area contributed by atoms with Gasteiger partial charge in [-0.3, -0.25) is 4.79 Å². The highest BCUT2D eigenvalue weighted by molar-refractivity contribution is 5.74. The van der Waals surface area contributed by atoms with E-state index in [4.69, 9.17) is 0 Å². The molecule has 2 heterocycles. The Balaban J connectivity index is 2.46. The van der Waals surface area contributed by atoms with Crippen LogP contribution in [0.5, 0.6) is 0 Å². The zero-order chi connectivity index (χ0) is 9.26. The number of hydrogen-bond acceptors (Lipinski definition) is 1. The topological polar surface area (TPSA) is 37.8 Å². The molecule has 0 aliphatic heterocycles. The molecule has 0 saturated heterocycles. The lowest BCUT2D eigenvalue weighted by molar-refractivity contribution is 0.111. The molecule has 3 nitrogen and oxygen atoms in total. The molecular formula is C10H10N2O. The highest BCUT2D eigenvalue weighted by atomic mass is 16.1. The molecule has 0 aliphatic carbocycles. The van der Waals surface area contributed by atoms with Crippen LogP contribution in [0.4, 0.5) is 0 Å². The number of rotatable bonds is 2. The Morgan fingerprint density at radius 1 is 1.38 bits per heavy atom. The summed E-state index contributed by atoms with van der Waals surface area (Å²) in [6.45, 7) is 0. The number of aromatic nitrogens is 2. The van der Waals surface area contributed by atoms with Crippen molar-refractivity contribution in [1.29, 1.82) is 0 Å². The Morgan fingerprint density at radius 2 is 2.23 bits per heavy atom. The number of H-pyrrole nitrogens is 1. The minimum Gasteiger partial charge on any atom is -0.351 e. The first-order chi connectivity index (χ1) is 6.31. The van der Waals surface area contributed by atoms with Gasteiger partial charge in [-0.15, -0.1) is 0 Å². The number of aromatic amines is 1. The van der Waals surface area contributed by atoms with Gasteiger partial charge in [0, 0.05) is 13.2 Å². The molecule has 0 atom stereocenters. The predicted octanol–water partition coefficient (Wildman–Crippen LogP) is 1.83. The first kappa shape index (κ1) is 7.86. The summed E-state index contributed by atoms with van der Waals surface area (Å²) in [5, 5.41) is 0. The summed E-state index contributed by atoms with van der Waals surface area (Å²) in [6, 6.07) is 7.64. The highest BCUT2D eigenvalue weighted by Gasteiger charge is 2.02. The largest absolute Gasteiger partial charge is 0.351 e. The van der Waals surface area contributed by atoms with Gasteiger partial charge in [-0.25, -0.2) is 0 Å². The van der Waals surface area contributed by atoms with E-state index >= 15 is 0 Å². The van der Waals surface area contributed by atoms with Crippen molar-refractivity contribution in [2.75, 3.05) is 0 Å². The van der Waals surface area contributed by atoms with E-state index in [1.54, 1.807) is 6.07 Å². The van der Waals surface area contributed by atoms with Gasteiger partial charge in [-0.2, -0.15) is 0 Å². The van der Waals surface area contributed by atoms with Gasteiger partial charge in [0.05, 0.1) is 17.1 Å². The lowest BCUT2D eigenvalue weighted by Gasteiger charge is -1.98. The van der Waals surface area contributed by atoms with Crippen LogP contribution in [-0.2, 0) is 7.05 Å². The molecule has 0 aliphatic rings. The second-order valence-corrected chi connectivity index (χ2v) is 2.95. The first-order valence-electron chi connectivity index (χ1n) is 4.07. The molecule has 2 rings (SSSR count). The zero-order valence-corrected chi connectivity index (χ0v) is 7.32. The fourth-order valence-corrected chi connectivity index (χ4v) is 1.37. The molecule has 3 heteroatoms. The summed E-state index contributed by atoms with van der Waals surface area (Å²) in [5.41, 5.74) is 2.65. The molecule has 2 aromatic heterocycles. The molecule has 0 unspecified atom stereocenters. The van der Waals surface area contributed by atoms with Gasteiger partial charge in [0.2, 0.25) is 0 Å². The van der Waals surface area contributed by atoms with E-state index < -0.39 is 0 Å². The SMILES string of the molecule is Cn1cccc1-c1ccc(C=O)[nH]1. The highest BCUT2D eigenvalue weighted by Crippen LogP contribution is 2.17. The molecule has 66 valence electrons. The predicted molar refractivity (Wildman–Crippen MR) is 50.6 cm³/mol. The van der Waals surface area contributed by atoms with E-state index in [-0.39, 0.29) is 0 Å². The molecule has 0 fully saturated rings. The van der Waals surface area contributed by atoms with Crippen LogP contribution < -0.4 is 0 Å². The quantitative estimate of drug-likeness (QED) is 0.693. The maximum Gasteiger partial charge on any atom is 0.166 e. The monoisotopic (exact) mass is 174 g/mol. The fraction of sp³-hybridized carbons (Fsp3) is 0.100. The normalized spacial score (nSPS) is 10.2. The number of carbonyl (C=O) groups is 1. The van der Waals surface area contributed by atoms with E-state index in [0.29, 0.717) is 5.69 Å². The van der Waals surface area contributed by atoms with Gasteiger partial charge in [0.1, 0.15) is 0 Å². The minimum atomic E-state index is 0.608. The van der Waals surface area contributed by atoms with Crippen LogP contribution in [0, 0.1) is 0 Å². The Bertz CT molecular complexity index is 426. The van der Waals surface area contributed by atoms with E-state index in [1.807, 2.05) is 36.0 Å². The third-order valence-corrected chi connectivity index (χ3v) is 2.06. The van der Waals surface area contributed by atoms with Gasteiger partial charge in [-0.05, 0) is 24.3 Å². The standard InChI is InChI=1S/C10H10N2O/c1-12-6-2-3-10(12)9-5-4-8(7-13)11-9/h2-7,11H,1H3. The third kappa shape index (κ3) is 1.28. The Kier molecular flexibility index (Phi) is 1.77. The van der Waals surface area contributed by atoms with Crippen molar-refractivity contribution in [3.63, 3.8) is 0 Å². The van der Waals surface area contributed by atoms with Gasteiger partial charge in [0.25, 0.3) is 0 Å². The number of aryl methyl sites for hydroxylation is 1. The van der Waals surface area contributed by atoms with Crippen molar-refractivity contribution in [2.24, 2.45) is 7.05 Å². The van der Waals surface area contributed by atoms with E-state index in [1.165, 1.54) is 0 Å². The molecule has 0 aromatic carbocycles. The van der Waals surface area contributed by atoms with Crippen LogP contribution in [-0.4, -0.2) is 15.8 Å². The maximum atomic E-state index is 10.4. The third-order valence-electron chi connectivity index (χ3n) is 2.06. The summed E-state index contributed by atoms with van der Waals surface area (Å²) in [6.07, 6.45) is 2.78. The average Bonchev–Trinajstić information content (AvgIpc) is 2.71. The second kappa shape index (κ2) is 2.94. The van der Waals surface area contributed by atoms with Crippen molar-refractivity contribution in [3.8, 4) is 11.4 Å². The van der Waals surface area contributed by atoms with Gasteiger partial charge in [0.15, 0.2) is 6.29 Å². The molecular weight excluding hydrogens is 164 g/mol. The van der Waals surface area contributed by atoms with Crippen molar-refractivity contribution in [1.82, 2.24) is 9.55 Å². The molecule has 0 bridgehead atoms. The Labute approximate surface area is 76.0 Å². The number of aldehydes is 1. The summed E-state index contributed by atoms with van der Waals surface area (Å²) in [7, 11) is 1.97. The smallest absolute Gasteiger partial charge is 0.166 e. The summed E-state index contributed by atoms with van der Waals surface area (Å²) < 4.78 is 2.00. The van der Waals surface area contributed by atoms with Crippen LogP contribution >= 0.6 is 0 Å². The van der Waals surface area contributed by atoms with Crippen molar-refractivity contribution >= 4 is 6.29 Å². The Morgan fingerprint density at radius 3 is 2.77 bits per heavy atom. The molecule has 1 N–H and O–H groups in total. The molecule has 0 amide bonds. The minimum absolute atomic E-state index is 0.608. The molecule has 0 saturated carbocycles. The van der Waals surface area contributed by atoms with Crippen LogP contribution in [0.1, 0.15) is 10.5 Å². The van der Waals surface area contributed by atoms with E-state index in [2.05, 4.69) is 4.98 Å². The van der Waals surface area contributed by atoms with Gasteiger partial charge < -0.3 is 9.55 Å². The van der Waals surface area contributed by atoms with Gasteiger partial charge >= 0.3 is 0 Å². The van der Waals surface area contributed by atoms with Crippen molar-refractivity contribution < 1.29 is 4.79 Å². The summed E-state index contributed by atoms with van der Waals surface area (Å²) >= 11 is 0. The molecule has 2 aromatic rings. The number of hydrogen-bond donors (Lipinski definition) is 1.